The molecule has 0 amide bonds. The summed E-state index contributed by atoms with van der Waals surface area (Å²) in [5, 5.41) is 0. The number of rotatable bonds is 7. The molecule has 0 saturated heterocycles. The van der Waals surface area contributed by atoms with Gasteiger partial charge in [0.1, 0.15) is 0 Å². The van der Waals surface area contributed by atoms with Crippen LogP contribution in [0.25, 0.3) is 0 Å². The molecule has 0 aliphatic carbocycles. The van der Waals surface area contributed by atoms with Crippen molar-refractivity contribution in [2.45, 2.75) is 32.9 Å². The van der Waals surface area contributed by atoms with E-state index in [2.05, 4.69) is 30.7 Å². The summed E-state index contributed by atoms with van der Waals surface area (Å²) in [5.41, 5.74) is 5.92. The fraction of sp³-hybridized carbons (Fsp3) is 1.00. The van der Waals surface area contributed by atoms with Gasteiger partial charge in [-0.2, -0.15) is 0 Å². The van der Waals surface area contributed by atoms with Crippen molar-refractivity contribution in [2.75, 3.05) is 34.2 Å². The third-order valence-corrected chi connectivity index (χ3v) is 2.56. The Morgan fingerprint density at radius 1 is 1.00 bits per heavy atom. The van der Waals surface area contributed by atoms with E-state index in [-0.39, 0.29) is 6.17 Å². The van der Waals surface area contributed by atoms with E-state index in [9.17, 15) is 0 Å². The molecule has 0 aliphatic heterocycles. The first kappa shape index (κ1) is 13.9. The minimum Gasteiger partial charge on any atom is -0.316 e. The molecule has 1 atom stereocenters. The van der Waals surface area contributed by atoms with E-state index in [1.165, 1.54) is 13.0 Å². The first-order valence-electron chi connectivity index (χ1n) is 5.54. The fourth-order valence-electron chi connectivity index (χ4n) is 1.20. The maximum atomic E-state index is 5.92. The molecule has 0 spiro atoms. The molecular weight excluding hydrogens is 174 g/mol. The second kappa shape index (κ2) is 7.21. The van der Waals surface area contributed by atoms with Gasteiger partial charge in [-0.05, 0) is 46.4 Å². The van der Waals surface area contributed by atoms with Crippen LogP contribution in [0.2, 0.25) is 0 Å². The summed E-state index contributed by atoms with van der Waals surface area (Å²) in [6.07, 6.45) is 2.51. The van der Waals surface area contributed by atoms with E-state index in [1.54, 1.807) is 0 Å². The fourth-order valence-corrected chi connectivity index (χ4v) is 1.20. The van der Waals surface area contributed by atoms with Crippen molar-refractivity contribution in [1.29, 1.82) is 0 Å². The van der Waals surface area contributed by atoms with Crippen LogP contribution in [0.4, 0.5) is 0 Å². The van der Waals surface area contributed by atoms with Crippen LogP contribution >= 0.6 is 0 Å². The Hall–Kier alpha value is -0.120. The average Bonchev–Trinajstić information content (AvgIpc) is 2.10. The highest BCUT2D eigenvalue weighted by atomic mass is 15.2. The van der Waals surface area contributed by atoms with Crippen LogP contribution in [0, 0.1) is 5.92 Å². The lowest BCUT2D eigenvalue weighted by atomic mass is 10.1. The van der Waals surface area contributed by atoms with E-state index < -0.39 is 0 Å². The first-order chi connectivity index (χ1) is 6.43. The van der Waals surface area contributed by atoms with E-state index >= 15 is 0 Å². The zero-order valence-electron chi connectivity index (χ0n) is 10.5. The Labute approximate surface area is 89.2 Å². The molecule has 0 aromatic carbocycles. The van der Waals surface area contributed by atoms with Crippen LogP contribution in [0.1, 0.15) is 26.7 Å². The van der Waals surface area contributed by atoms with Crippen LogP contribution in [0.3, 0.4) is 0 Å². The smallest absolute Gasteiger partial charge is 0.0579 e. The van der Waals surface area contributed by atoms with Crippen molar-refractivity contribution in [3.05, 3.63) is 0 Å². The SMILES string of the molecule is CC(C)CCN(C)CCC(N)N(C)C. The summed E-state index contributed by atoms with van der Waals surface area (Å²) in [4.78, 5) is 4.43. The molecule has 14 heavy (non-hydrogen) atoms. The van der Waals surface area contributed by atoms with Crippen molar-refractivity contribution >= 4 is 0 Å². The highest BCUT2D eigenvalue weighted by Gasteiger charge is 2.06. The van der Waals surface area contributed by atoms with Gasteiger partial charge in [-0.25, -0.2) is 0 Å². The third kappa shape index (κ3) is 7.30. The normalized spacial score (nSPS) is 14.4. The zero-order chi connectivity index (χ0) is 11.1. The molecule has 0 heterocycles. The van der Waals surface area contributed by atoms with E-state index in [0.29, 0.717) is 0 Å². The van der Waals surface area contributed by atoms with E-state index in [0.717, 1.165) is 18.9 Å². The monoisotopic (exact) mass is 201 g/mol. The molecule has 3 heteroatoms. The van der Waals surface area contributed by atoms with Crippen molar-refractivity contribution in [3.63, 3.8) is 0 Å². The lowest BCUT2D eigenvalue weighted by molar-refractivity contribution is 0.235. The quantitative estimate of drug-likeness (QED) is 0.628. The minimum atomic E-state index is 0.191. The van der Waals surface area contributed by atoms with Crippen LogP contribution < -0.4 is 5.73 Å². The molecule has 0 radical (unpaired) electrons. The molecule has 1 unspecified atom stereocenters. The van der Waals surface area contributed by atoms with Gasteiger partial charge in [0, 0.05) is 6.54 Å². The maximum Gasteiger partial charge on any atom is 0.0579 e. The summed E-state index contributed by atoms with van der Waals surface area (Å²) in [5.74, 6) is 0.792. The minimum absolute atomic E-state index is 0.191. The Morgan fingerprint density at radius 2 is 1.50 bits per heavy atom. The molecule has 0 aromatic rings. The Morgan fingerprint density at radius 3 is 1.93 bits per heavy atom. The Kier molecular flexibility index (Phi) is 7.15. The van der Waals surface area contributed by atoms with Gasteiger partial charge in [0.2, 0.25) is 0 Å². The zero-order valence-corrected chi connectivity index (χ0v) is 10.5. The maximum absolute atomic E-state index is 5.92. The number of nitrogens with zero attached hydrogens (tertiary/aromatic N) is 2. The molecule has 0 bridgehead atoms. The van der Waals surface area contributed by atoms with E-state index in [1.807, 2.05) is 14.1 Å². The summed E-state index contributed by atoms with van der Waals surface area (Å²) < 4.78 is 0. The van der Waals surface area contributed by atoms with Gasteiger partial charge in [0.15, 0.2) is 0 Å². The van der Waals surface area contributed by atoms with Crippen LogP contribution in [0.15, 0.2) is 0 Å². The third-order valence-electron chi connectivity index (χ3n) is 2.56. The predicted octanol–water partition coefficient (Wildman–Crippen LogP) is 1.20. The van der Waals surface area contributed by atoms with E-state index in [4.69, 9.17) is 5.73 Å². The summed E-state index contributed by atoms with van der Waals surface area (Å²) in [6.45, 7) is 6.79. The molecule has 86 valence electrons. The highest BCUT2D eigenvalue weighted by Crippen LogP contribution is 2.02. The van der Waals surface area contributed by atoms with Crippen molar-refractivity contribution in [3.8, 4) is 0 Å². The molecule has 2 N–H and O–H groups in total. The summed E-state index contributed by atoms with van der Waals surface area (Å²) >= 11 is 0. The number of nitrogens with two attached hydrogens (primary N) is 1. The van der Waals surface area contributed by atoms with Gasteiger partial charge in [-0.3, -0.25) is 4.90 Å². The largest absolute Gasteiger partial charge is 0.316 e. The summed E-state index contributed by atoms with van der Waals surface area (Å²) in [7, 11) is 6.22. The van der Waals surface area contributed by atoms with Crippen molar-refractivity contribution in [1.82, 2.24) is 9.80 Å². The van der Waals surface area contributed by atoms with Crippen LogP contribution in [0.5, 0.6) is 0 Å². The molecule has 0 saturated carbocycles. The number of hydrogen-bond acceptors (Lipinski definition) is 3. The van der Waals surface area contributed by atoms with Gasteiger partial charge in [0.05, 0.1) is 6.17 Å². The second-order valence-corrected chi connectivity index (χ2v) is 4.81. The van der Waals surface area contributed by atoms with Crippen LogP contribution in [-0.2, 0) is 0 Å². The molecule has 3 nitrogen and oxygen atoms in total. The van der Waals surface area contributed by atoms with Crippen LogP contribution in [-0.4, -0.2) is 50.2 Å². The van der Waals surface area contributed by atoms with Gasteiger partial charge in [0.25, 0.3) is 0 Å². The topological polar surface area (TPSA) is 32.5 Å². The van der Waals surface area contributed by atoms with Crippen molar-refractivity contribution < 1.29 is 0 Å². The van der Waals surface area contributed by atoms with Gasteiger partial charge >= 0.3 is 0 Å². The predicted molar refractivity (Wildman–Crippen MR) is 63.2 cm³/mol. The molecular formula is C11H27N3. The molecule has 0 aliphatic rings. The highest BCUT2D eigenvalue weighted by molar-refractivity contribution is 4.61. The number of hydrogen-bond donors (Lipinski definition) is 1. The summed E-state index contributed by atoms with van der Waals surface area (Å²) in [6, 6.07) is 0. The molecule has 0 aromatic heterocycles. The lowest BCUT2D eigenvalue weighted by Crippen LogP contribution is -2.39. The van der Waals surface area contributed by atoms with Gasteiger partial charge < -0.3 is 10.6 Å². The van der Waals surface area contributed by atoms with Gasteiger partial charge in [-0.15, -0.1) is 0 Å². The van der Waals surface area contributed by atoms with Gasteiger partial charge in [-0.1, -0.05) is 13.8 Å². The first-order valence-corrected chi connectivity index (χ1v) is 5.54. The molecule has 0 fully saturated rings. The Bertz CT molecular complexity index is 134. The standard InChI is InChI=1S/C11H27N3/c1-10(2)6-8-14(5)9-7-11(12)13(3)4/h10-11H,6-9,12H2,1-5H3. The van der Waals surface area contributed by atoms with Crippen molar-refractivity contribution in [2.24, 2.45) is 11.7 Å². The molecule has 0 rings (SSSR count). The second-order valence-electron chi connectivity index (χ2n) is 4.81. The average molecular weight is 201 g/mol. The Balaban J connectivity index is 3.48. The lowest BCUT2D eigenvalue weighted by Gasteiger charge is -2.23.